The van der Waals surface area contributed by atoms with Crippen LogP contribution in [0.3, 0.4) is 0 Å². The predicted octanol–water partition coefficient (Wildman–Crippen LogP) is 1.92. The van der Waals surface area contributed by atoms with E-state index in [4.69, 9.17) is 5.11 Å². The molecular weight excluding hydrogens is 402 g/mol. The maximum absolute atomic E-state index is 12.8. The molecule has 10 heteroatoms. The number of amidine groups is 1. The van der Waals surface area contributed by atoms with Gasteiger partial charge in [0.25, 0.3) is 0 Å². The zero-order valence-corrected chi connectivity index (χ0v) is 16.0. The smallest absolute Gasteiger partial charge is 0.305 e. The van der Waals surface area contributed by atoms with Gasteiger partial charge in [-0.15, -0.1) is 5.10 Å². The Morgan fingerprint density at radius 2 is 1.82 bits per heavy atom. The quantitative estimate of drug-likeness (QED) is 0.546. The molecule has 1 unspecified atom stereocenters. The molecule has 144 valence electrons. The normalized spacial score (nSPS) is 18.5. The SMILES string of the molecule is O=C(O)CC1SC(=NN=Cc2ccccc2S(=O)(=O)c2ccccc2)NC1=O. The molecule has 1 aliphatic rings. The van der Waals surface area contributed by atoms with Gasteiger partial charge < -0.3 is 10.4 Å². The molecule has 2 aromatic rings. The largest absolute Gasteiger partial charge is 0.481 e. The zero-order chi connectivity index (χ0) is 20.1. The lowest BCUT2D eigenvalue weighted by molar-refractivity contribution is -0.138. The summed E-state index contributed by atoms with van der Waals surface area (Å²) in [6, 6.07) is 14.4. The van der Waals surface area contributed by atoms with Crippen LogP contribution in [-0.4, -0.2) is 42.0 Å². The summed E-state index contributed by atoms with van der Waals surface area (Å²) in [6.45, 7) is 0. The van der Waals surface area contributed by atoms with E-state index in [1.165, 1.54) is 24.4 Å². The molecule has 1 atom stereocenters. The Morgan fingerprint density at radius 3 is 2.54 bits per heavy atom. The number of thioether (sulfide) groups is 1. The number of nitrogens with zero attached hydrogens (tertiary/aromatic N) is 2. The summed E-state index contributed by atoms with van der Waals surface area (Å²) in [5.74, 6) is -1.54. The first-order valence-corrected chi connectivity index (χ1v) is 10.4. The van der Waals surface area contributed by atoms with Crippen molar-refractivity contribution in [3.63, 3.8) is 0 Å². The van der Waals surface area contributed by atoms with Gasteiger partial charge in [0, 0.05) is 5.56 Å². The molecule has 1 saturated heterocycles. The number of sulfone groups is 1. The van der Waals surface area contributed by atoms with Crippen molar-refractivity contribution in [3.8, 4) is 0 Å². The van der Waals surface area contributed by atoms with Gasteiger partial charge >= 0.3 is 5.97 Å². The van der Waals surface area contributed by atoms with Crippen LogP contribution in [-0.2, 0) is 19.4 Å². The third-order valence-corrected chi connectivity index (χ3v) is 6.66. The summed E-state index contributed by atoms with van der Waals surface area (Å²) in [5.41, 5.74) is 0.340. The van der Waals surface area contributed by atoms with Gasteiger partial charge in [0.05, 0.1) is 22.4 Å². The van der Waals surface area contributed by atoms with Crippen LogP contribution in [0.2, 0.25) is 0 Å². The summed E-state index contributed by atoms with van der Waals surface area (Å²) in [4.78, 5) is 22.7. The molecule has 1 fully saturated rings. The van der Waals surface area contributed by atoms with Crippen molar-refractivity contribution in [2.24, 2.45) is 10.2 Å². The minimum atomic E-state index is -3.73. The number of hydrogen-bond acceptors (Lipinski definition) is 7. The predicted molar refractivity (Wildman–Crippen MR) is 105 cm³/mol. The molecule has 1 amide bonds. The van der Waals surface area contributed by atoms with Crippen molar-refractivity contribution in [1.29, 1.82) is 0 Å². The fraction of sp³-hybridized carbons (Fsp3) is 0.111. The van der Waals surface area contributed by atoms with Gasteiger partial charge in [0.1, 0.15) is 5.25 Å². The number of carboxylic acid groups (broad SMARTS) is 1. The molecule has 3 rings (SSSR count). The van der Waals surface area contributed by atoms with Crippen LogP contribution in [0.15, 0.2) is 74.6 Å². The molecule has 0 saturated carbocycles. The Bertz CT molecular complexity index is 1070. The molecule has 0 bridgehead atoms. The molecule has 0 aliphatic carbocycles. The van der Waals surface area contributed by atoms with Crippen LogP contribution in [0.1, 0.15) is 12.0 Å². The van der Waals surface area contributed by atoms with Crippen LogP contribution in [0, 0.1) is 0 Å². The molecule has 2 aromatic carbocycles. The third kappa shape index (κ3) is 4.46. The number of aliphatic carboxylic acids is 1. The fourth-order valence-corrected chi connectivity index (χ4v) is 4.82. The van der Waals surface area contributed by atoms with Crippen molar-refractivity contribution < 1.29 is 23.1 Å². The zero-order valence-electron chi connectivity index (χ0n) is 14.3. The topological polar surface area (TPSA) is 125 Å². The molecule has 0 spiro atoms. The highest BCUT2D eigenvalue weighted by Gasteiger charge is 2.32. The Hall–Kier alpha value is -2.98. The summed E-state index contributed by atoms with van der Waals surface area (Å²) in [7, 11) is -3.73. The number of carbonyl (C=O) groups is 2. The minimum Gasteiger partial charge on any atom is -0.481 e. The van der Waals surface area contributed by atoms with Gasteiger partial charge in [-0.2, -0.15) is 5.10 Å². The van der Waals surface area contributed by atoms with Crippen LogP contribution in [0.5, 0.6) is 0 Å². The van der Waals surface area contributed by atoms with Crippen molar-refractivity contribution in [3.05, 3.63) is 60.2 Å². The Balaban J connectivity index is 1.83. The standard InChI is InChI=1S/C18H15N3O5S2/c22-16(23)10-14-17(24)20-18(27-14)21-19-11-12-6-4-5-9-15(12)28(25,26)13-7-2-1-3-8-13/h1-9,11,14H,10H2,(H,22,23)(H,20,21,24). The number of nitrogens with one attached hydrogen (secondary N) is 1. The monoisotopic (exact) mass is 417 g/mol. The molecule has 0 radical (unpaired) electrons. The first-order valence-electron chi connectivity index (χ1n) is 8.07. The second kappa shape index (κ2) is 8.36. The summed E-state index contributed by atoms with van der Waals surface area (Å²) in [6.07, 6.45) is 0.956. The van der Waals surface area contributed by atoms with E-state index < -0.39 is 27.0 Å². The lowest BCUT2D eigenvalue weighted by Gasteiger charge is -2.07. The molecule has 1 aliphatic heterocycles. The lowest BCUT2D eigenvalue weighted by atomic mass is 10.2. The van der Waals surface area contributed by atoms with Crippen LogP contribution in [0.25, 0.3) is 0 Å². The van der Waals surface area contributed by atoms with E-state index in [9.17, 15) is 18.0 Å². The number of carboxylic acids is 1. The highest BCUT2D eigenvalue weighted by molar-refractivity contribution is 8.15. The Morgan fingerprint density at radius 1 is 1.14 bits per heavy atom. The van der Waals surface area contributed by atoms with E-state index in [1.54, 1.807) is 36.4 Å². The fourth-order valence-electron chi connectivity index (χ4n) is 2.45. The van der Waals surface area contributed by atoms with Crippen LogP contribution in [0.4, 0.5) is 0 Å². The van der Waals surface area contributed by atoms with Crippen LogP contribution < -0.4 is 5.32 Å². The molecular formula is C18H15N3O5S2. The second-order valence-corrected chi connectivity index (χ2v) is 8.81. The summed E-state index contributed by atoms with van der Waals surface area (Å²) < 4.78 is 25.7. The van der Waals surface area contributed by atoms with Gasteiger partial charge in [-0.25, -0.2) is 8.42 Å². The number of benzene rings is 2. The van der Waals surface area contributed by atoms with E-state index in [0.717, 1.165) is 11.8 Å². The van der Waals surface area contributed by atoms with Gasteiger partial charge in [-0.1, -0.05) is 48.2 Å². The van der Waals surface area contributed by atoms with E-state index in [1.807, 2.05) is 0 Å². The molecule has 8 nitrogen and oxygen atoms in total. The van der Waals surface area contributed by atoms with Crippen LogP contribution >= 0.6 is 11.8 Å². The van der Waals surface area contributed by atoms with Crippen molar-refractivity contribution >= 4 is 44.9 Å². The Labute approximate surface area is 165 Å². The minimum absolute atomic E-state index is 0.0806. The number of rotatable bonds is 6. The van der Waals surface area contributed by atoms with Crippen molar-refractivity contribution in [1.82, 2.24) is 5.32 Å². The number of amides is 1. The third-order valence-electron chi connectivity index (χ3n) is 3.74. The van der Waals surface area contributed by atoms with Gasteiger partial charge in [0.2, 0.25) is 15.7 Å². The maximum atomic E-state index is 12.8. The molecule has 2 N–H and O–H groups in total. The molecule has 1 heterocycles. The first-order chi connectivity index (χ1) is 13.4. The molecule has 0 aromatic heterocycles. The average molecular weight is 417 g/mol. The van der Waals surface area contributed by atoms with E-state index in [0.29, 0.717) is 5.56 Å². The van der Waals surface area contributed by atoms with E-state index >= 15 is 0 Å². The van der Waals surface area contributed by atoms with E-state index in [2.05, 4.69) is 15.5 Å². The summed E-state index contributed by atoms with van der Waals surface area (Å²) in [5, 5.41) is 18.3. The number of hydrogen-bond donors (Lipinski definition) is 2. The first kappa shape index (κ1) is 19.8. The average Bonchev–Trinajstić information content (AvgIpc) is 3.01. The van der Waals surface area contributed by atoms with Gasteiger partial charge in [-0.3, -0.25) is 9.59 Å². The molecule has 28 heavy (non-hydrogen) atoms. The van der Waals surface area contributed by atoms with Gasteiger partial charge in [-0.05, 0) is 18.2 Å². The highest BCUT2D eigenvalue weighted by Crippen LogP contribution is 2.24. The van der Waals surface area contributed by atoms with Crippen molar-refractivity contribution in [2.75, 3.05) is 0 Å². The maximum Gasteiger partial charge on any atom is 0.305 e. The number of carbonyl (C=O) groups excluding carboxylic acids is 1. The highest BCUT2D eigenvalue weighted by atomic mass is 32.2. The summed E-state index contributed by atoms with van der Waals surface area (Å²) >= 11 is 0.965. The van der Waals surface area contributed by atoms with Crippen molar-refractivity contribution in [2.45, 2.75) is 21.5 Å². The van der Waals surface area contributed by atoms with Gasteiger partial charge in [0.15, 0.2) is 5.17 Å². The van der Waals surface area contributed by atoms with E-state index in [-0.39, 0.29) is 21.4 Å². The Kier molecular flexibility index (Phi) is 5.90. The lowest BCUT2D eigenvalue weighted by Crippen LogP contribution is -2.26. The second-order valence-electron chi connectivity index (χ2n) is 5.70.